The highest BCUT2D eigenvalue weighted by Crippen LogP contribution is 2.28. The number of hydrogen-bond acceptors (Lipinski definition) is 3. The van der Waals surface area contributed by atoms with Crippen LogP contribution in [0.25, 0.3) is 0 Å². The Morgan fingerprint density at radius 1 is 1.24 bits per heavy atom. The van der Waals surface area contributed by atoms with E-state index in [-0.39, 0.29) is 11.6 Å². The van der Waals surface area contributed by atoms with Gasteiger partial charge in [0.2, 0.25) is 0 Å². The third-order valence-electron chi connectivity index (χ3n) is 4.82. The van der Waals surface area contributed by atoms with E-state index in [1.165, 1.54) is 0 Å². The molecule has 1 fully saturated rings. The number of aromatic carboxylic acids is 1. The van der Waals surface area contributed by atoms with E-state index in [0.29, 0.717) is 13.0 Å². The van der Waals surface area contributed by atoms with Crippen LogP contribution >= 0.6 is 0 Å². The lowest BCUT2D eigenvalue weighted by Crippen LogP contribution is -2.35. The van der Waals surface area contributed by atoms with Crippen molar-refractivity contribution < 1.29 is 14.3 Å². The molecule has 0 bridgehead atoms. The molecule has 0 spiro atoms. The van der Waals surface area contributed by atoms with Gasteiger partial charge in [0.25, 0.3) is 0 Å². The summed E-state index contributed by atoms with van der Waals surface area (Å²) in [5.74, 6) is -0.931. The van der Waals surface area contributed by atoms with Gasteiger partial charge >= 0.3 is 5.97 Å². The van der Waals surface area contributed by atoms with E-state index in [2.05, 4.69) is 21.9 Å². The van der Waals surface area contributed by atoms with Crippen molar-refractivity contribution in [3.8, 4) is 0 Å². The van der Waals surface area contributed by atoms with E-state index in [4.69, 9.17) is 5.11 Å². The predicted molar refractivity (Wildman–Crippen MR) is 96.9 cm³/mol. The molecule has 132 valence electrons. The summed E-state index contributed by atoms with van der Waals surface area (Å²) >= 11 is 0. The Morgan fingerprint density at radius 3 is 2.48 bits per heavy atom. The Hall–Kier alpha value is -2.40. The zero-order valence-electron chi connectivity index (χ0n) is 14.3. The number of alkyl halides is 1. The van der Waals surface area contributed by atoms with Gasteiger partial charge in [0, 0.05) is 32.4 Å². The minimum absolute atomic E-state index is 0.0715. The SMILES string of the molecule is CN(c1ccc(C(=O)O)cc1)C(CN1CCC(F)C1)c1ccccc1. The molecule has 1 N–H and O–H groups in total. The number of benzene rings is 2. The zero-order valence-corrected chi connectivity index (χ0v) is 14.3. The quantitative estimate of drug-likeness (QED) is 0.871. The van der Waals surface area contributed by atoms with E-state index < -0.39 is 12.1 Å². The van der Waals surface area contributed by atoms with Crippen LogP contribution in [-0.2, 0) is 0 Å². The Labute approximate surface area is 147 Å². The highest BCUT2D eigenvalue weighted by atomic mass is 19.1. The van der Waals surface area contributed by atoms with Crippen LogP contribution in [0.1, 0.15) is 28.4 Å². The van der Waals surface area contributed by atoms with E-state index in [0.717, 1.165) is 24.3 Å². The van der Waals surface area contributed by atoms with Crippen molar-refractivity contribution in [3.05, 3.63) is 65.7 Å². The topological polar surface area (TPSA) is 43.8 Å². The van der Waals surface area contributed by atoms with Crippen LogP contribution in [-0.4, -0.2) is 48.8 Å². The number of carboxylic acid groups (broad SMARTS) is 1. The second kappa shape index (κ2) is 7.66. The van der Waals surface area contributed by atoms with Gasteiger partial charge in [-0.3, -0.25) is 4.90 Å². The van der Waals surface area contributed by atoms with Crippen molar-refractivity contribution in [2.75, 3.05) is 31.6 Å². The Kier molecular flexibility index (Phi) is 5.34. The molecule has 4 nitrogen and oxygen atoms in total. The first-order valence-electron chi connectivity index (χ1n) is 8.52. The number of anilines is 1. The molecule has 2 atom stereocenters. The number of rotatable bonds is 6. The van der Waals surface area contributed by atoms with Gasteiger partial charge in [-0.05, 0) is 36.2 Å². The van der Waals surface area contributed by atoms with Gasteiger partial charge in [-0.15, -0.1) is 0 Å². The van der Waals surface area contributed by atoms with E-state index in [1.807, 2.05) is 37.4 Å². The number of carboxylic acids is 1. The van der Waals surface area contributed by atoms with Crippen LogP contribution in [0.15, 0.2) is 54.6 Å². The monoisotopic (exact) mass is 342 g/mol. The average Bonchev–Trinajstić information content (AvgIpc) is 3.05. The van der Waals surface area contributed by atoms with Crippen LogP contribution in [0.3, 0.4) is 0 Å². The number of likely N-dealkylation sites (N-methyl/N-ethyl adjacent to an activating group) is 1. The van der Waals surface area contributed by atoms with Crippen molar-refractivity contribution in [1.82, 2.24) is 4.90 Å². The minimum atomic E-state index is -0.931. The summed E-state index contributed by atoms with van der Waals surface area (Å²) in [4.78, 5) is 15.3. The molecule has 0 saturated carbocycles. The van der Waals surface area contributed by atoms with Crippen LogP contribution in [0, 0.1) is 0 Å². The number of likely N-dealkylation sites (tertiary alicyclic amines) is 1. The second-order valence-electron chi connectivity index (χ2n) is 6.53. The number of carbonyl (C=O) groups is 1. The molecule has 1 aliphatic rings. The molecule has 0 amide bonds. The number of hydrogen-bond donors (Lipinski definition) is 1. The molecule has 1 saturated heterocycles. The maximum absolute atomic E-state index is 13.6. The number of nitrogens with zero attached hydrogens (tertiary/aromatic N) is 2. The van der Waals surface area contributed by atoms with Gasteiger partial charge in [0.15, 0.2) is 0 Å². The molecule has 0 aliphatic carbocycles. The average molecular weight is 342 g/mol. The summed E-state index contributed by atoms with van der Waals surface area (Å²) in [6, 6.07) is 17.1. The van der Waals surface area contributed by atoms with E-state index >= 15 is 0 Å². The van der Waals surface area contributed by atoms with Crippen LogP contribution in [0.4, 0.5) is 10.1 Å². The molecule has 3 rings (SSSR count). The number of halogens is 1. The second-order valence-corrected chi connectivity index (χ2v) is 6.53. The van der Waals surface area contributed by atoms with Crippen molar-refractivity contribution in [3.63, 3.8) is 0 Å². The molecule has 1 heterocycles. The lowest BCUT2D eigenvalue weighted by atomic mass is 10.0. The molecule has 5 heteroatoms. The summed E-state index contributed by atoms with van der Waals surface area (Å²) in [5.41, 5.74) is 2.37. The van der Waals surface area contributed by atoms with Crippen molar-refractivity contribution in [1.29, 1.82) is 0 Å². The molecule has 0 radical (unpaired) electrons. The van der Waals surface area contributed by atoms with Gasteiger partial charge in [0.05, 0.1) is 11.6 Å². The van der Waals surface area contributed by atoms with Crippen molar-refractivity contribution in [2.45, 2.75) is 18.6 Å². The van der Waals surface area contributed by atoms with Crippen LogP contribution < -0.4 is 4.90 Å². The molecule has 1 aliphatic heterocycles. The Bertz CT molecular complexity index is 705. The standard InChI is InChI=1S/C20H23FN2O2/c1-22(18-9-7-16(8-10-18)20(24)25)19(15-5-3-2-4-6-15)14-23-12-11-17(21)13-23/h2-10,17,19H,11-14H2,1H3,(H,24,25). The normalized spacial score (nSPS) is 18.9. The molecule has 2 aromatic carbocycles. The Balaban J connectivity index is 1.83. The first kappa shape index (κ1) is 17.4. The third-order valence-corrected chi connectivity index (χ3v) is 4.82. The molecule has 0 aromatic heterocycles. The smallest absolute Gasteiger partial charge is 0.335 e. The van der Waals surface area contributed by atoms with Crippen molar-refractivity contribution in [2.24, 2.45) is 0 Å². The summed E-state index contributed by atoms with van der Waals surface area (Å²) < 4.78 is 13.6. The summed E-state index contributed by atoms with van der Waals surface area (Å²) in [6.07, 6.45) is -0.144. The minimum Gasteiger partial charge on any atom is -0.478 e. The predicted octanol–water partition coefficient (Wildman–Crippen LogP) is 3.61. The lowest BCUT2D eigenvalue weighted by molar-refractivity contribution is 0.0697. The fraction of sp³-hybridized carbons (Fsp3) is 0.350. The molecular weight excluding hydrogens is 319 g/mol. The van der Waals surface area contributed by atoms with Gasteiger partial charge in [-0.1, -0.05) is 30.3 Å². The van der Waals surface area contributed by atoms with Crippen molar-refractivity contribution >= 4 is 11.7 Å². The van der Waals surface area contributed by atoms with Gasteiger partial charge < -0.3 is 10.0 Å². The summed E-state index contributed by atoms with van der Waals surface area (Å²) in [6.45, 7) is 1.99. The highest BCUT2D eigenvalue weighted by molar-refractivity contribution is 5.88. The summed E-state index contributed by atoms with van der Waals surface area (Å²) in [5, 5.41) is 9.06. The van der Waals surface area contributed by atoms with Gasteiger partial charge in [-0.25, -0.2) is 9.18 Å². The maximum atomic E-state index is 13.6. The summed E-state index contributed by atoms with van der Waals surface area (Å²) in [7, 11) is 2.00. The lowest BCUT2D eigenvalue weighted by Gasteiger charge is -2.33. The Morgan fingerprint density at radius 2 is 1.92 bits per heavy atom. The molecular formula is C20H23FN2O2. The third kappa shape index (κ3) is 4.17. The molecule has 25 heavy (non-hydrogen) atoms. The maximum Gasteiger partial charge on any atom is 0.335 e. The van der Waals surface area contributed by atoms with E-state index in [9.17, 15) is 9.18 Å². The van der Waals surface area contributed by atoms with Gasteiger partial charge in [-0.2, -0.15) is 0 Å². The highest BCUT2D eigenvalue weighted by Gasteiger charge is 2.27. The largest absolute Gasteiger partial charge is 0.478 e. The fourth-order valence-corrected chi connectivity index (χ4v) is 3.34. The van der Waals surface area contributed by atoms with E-state index in [1.54, 1.807) is 12.1 Å². The van der Waals surface area contributed by atoms with Crippen LogP contribution in [0.2, 0.25) is 0 Å². The molecule has 2 unspecified atom stereocenters. The fourth-order valence-electron chi connectivity index (χ4n) is 3.34. The first-order chi connectivity index (χ1) is 12.0. The zero-order chi connectivity index (χ0) is 17.8. The van der Waals surface area contributed by atoms with Gasteiger partial charge in [0.1, 0.15) is 6.17 Å². The van der Waals surface area contributed by atoms with Crippen LogP contribution in [0.5, 0.6) is 0 Å². The first-order valence-corrected chi connectivity index (χ1v) is 8.52. The molecule has 2 aromatic rings.